The molecule has 0 aliphatic heterocycles. The maximum absolute atomic E-state index is 12.9. The minimum atomic E-state index is -2.97. The maximum atomic E-state index is 12.9. The number of aromatic nitrogens is 2. The van der Waals surface area contributed by atoms with Crippen LogP contribution in [0.3, 0.4) is 0 Å². The lowest BCUT2D eigenvalue weighted by Gasteiger charge is -2.17. The first kappa shape index (κ1) is 30.9. The van der Waals surface area contributed by atoms with E-state index in [1.54, 1.807) is 61.7 Å². The lowest BCUT2D eigenvalue weighted by Crippen LogP contribution is -2.21. The number of amides is 3. The zero-order chi connectivity index (χ0) is 30.8. The first-order valence-corrected chi connectivity index (χ1v) is 15.3. The second-order valence-corrected chi connectivity index (χ2v) is 11.7. The van der Waals surface area contributed by atoms with Crippen molar-refractivity contribution in [1.29, 1.82) is 0 Å². The first-order valence-electron chi connectivity index (χ1n) is 13.4. The number of urea groups is 1. The normalized spacial score (nSPS) is 12.7. The highest BCUT2D eigenvalue weighted by Gasteiger charge is 2.14. The van der Waals surface area contributed by atoms with E-state index in [1.807, 2.05) is 37.3 Å². The zero-order valence-corrected chi connectivity index (χ0v) is 24.7. The van der Waals surface area contributed by atoms with Crippen molar-refractivity contribution in [2.75, 3.05) is 40.7 Å². The van der Waals surface area contributed by atoms with Crippen molar-refractivity contribution in [2.24, 2.45) is 4.36 Å². The van der Waals surface area contributed by atoms with E-state index in [0.29, 0.717) is 33.3 Å². The maximum Gasteiger partial charge on any atom is 0.442 e. The fourth-order valence-corrected chi connectivity index (χ4v) is 4.94. The second-order valence-electron chi connectivity index (χ2n) is 9.45. The number of nitrogens with one attached hydrogen (secondary N) is 4. The van der Waals surface area contributed by atoms with Crippen molar-refractivity contribution in [1.82, 2.24) is 9.97 Å². The predicted molar refractivity (Wildman–Crippen MR) is 168 cm³/mol. The molecule has 5 N–H and O–H groups in total. The first-order chi connectivity index (χ1) is 20.7. The molecule has 3 aromatic carbocycles. The minimum Gasteiger partial charge on any atom is -0.448 e. The highest BCUT2D eigenvalue weighted by molar-refractivity contribution is 7.93. The molecule has 13 heteroatoms. The van der Waals surface area contributed by atoms with Crippen molar-refractivity contribution in [3.63, 3.8) is 0 Å². The van der Waals surface area contributed by atoms with Gasteiger partial charge in [-0.2, -0.15) is 4.98 Å². The smallest absolute Gasteiger partial charge is 0.442 e. The third-order valence-electron chi connectivity index (χ3n) is 6.00. The number of benzene rings is 3. The van der Waals surface area contributed by atoms with Crippen molar-refractivity contribution in [3.05, 3.63) is 85.1 Å². The number of nitrogens with zero attached hydrogens (tertiary/aromatic N) is 3. The molecular formula is C30H33N7O5S. The molecule has 4 aromatic rings. The molecule has 1 aromatic heterocycles. The topological polar surface area (TPSA) is 167 Å². The third kappa shape index (κ3) is 8.74. The molecule has 2 atom stereocenters. The van der Waals surface area contributed by atoms with Crippen LogP contribution in [0.25, 0.3) is 11.1 Å². The largest absolute Gasteiger partial charge is 0.448 e. The van der Waals surface area contributed by atoms with Crippen LogP contribution < -0.4 is 21.3 Å². The van der Waals surface area contributed by atoms with Crippen molar-refractivity contribution >= 4 is 50.7 Å². The highest BCUT2D eigenvalue weighted by atomic mass is 32.2. The fourth-order valence-electron chi connectivity index (χ4n) is 3.86. The van der Waals surface area contributed by atoms with Gasteiger partial charge < -0.3 is 31.1 Å². The van der Waals surface area contributed by atoms with E-state index in [0.717, 1.165) is 5.56 Å². The number of carbonyl (C=O) groups is 2. The van der Waals surface area contributed by atoms with Crippen LogP contribution in [0.1, 0.15) is 13.8 Å². The van der Waals surface area contributed by atoms with Gasteiger partial charge in [-0.15, -0.1) is 4.36 Å². The molecule has 1 heterocycles. The molecular weight excluding hydrogens is 570 g/mol. The molecule has 0 unspecified atom stereocenters. The van der Waals surface area contributed by atoms with Crippen molar-refractivity contribution in [2.45, 2.75) is 24.8 Å². The summed E-state index contributed by atoms with van der Waals surface area (Å²) in [4.78, 5) is 33.5. The van der Waals surface area contributed by atoms with Gasteiger partial charge in [0, 0.05) is 46.0 Å². The number of ether oxygens (including phenoxy) is 1. The van der Waals surface area contributed by atoms with Crippen LogP contribution in [0.4, 0.5) is 38.4 Å². The Morgan fingerprint density at radius 1 is 0.953 bits per heavy atom. The summed E-state index contributed by atoms with van der Waals surface area (Å²) in [5.74, 6) is 0.775. The molecule has 0 fully saturated rings. The Bertz CT molecular complexity index is 1670. The van der Waals surface area contributed by atoms with E-state index in [4.69, 9.17) is 4.74 Å². The van der Waals surface area contributed by atoms with E-state index in [9.17, 15) is 18.9 Å². The van der Waals surface area contributed by atoms with Crippen LogP contribution in [0.15, 0.2) is 94.3 Å². The van der Waals surface area contributed by atoms with Crippen LogP contribution >= 0.6 is 0 Å². The van der Waals surface area contributed by atoms with Crippen LogP contribution in [0, 0.1) is 0 Å². The van der Waals surface area contributed by atoms with E-state index >= 15 is 0 Å². The predicted octanol–water partition coefficient (Wildman–Crippen LogP) is 5.94. The van der Waals surface area contributed by atoms with E-state index in [2.05, 4.69) is 35.6 Å². The second kappa shape index (κ2) is 14.2. The average Bonchev–Trinajstić information content (AvgIpc) is 2.98. The number of aliphatic hydroxyl groups is 1. The van der Waals surface area contributed by atoms with E-state index in [1.165, 1.54) is 6.26 Å². The number of anilines is 5. The number of carbonyl (C=O) groups excluding carboxylic acids is 2. The van der Waals surface area contributed by atoms with Gasteiger partial charge in [0.15, 0.2) is 0 Å². The fraction of sp³-hybridized carbons (Fsp3) is 0.200. The Kier molecular flexibility index (Phi) is 10.3. The van der Waals surface area contributed by atoms with Gasteiger partial charge in [-0.05, 0) is 67.9 Å². The van der Waals surface area contributed by atoms with Gasteiger partial charge in [0.25, 0.3) is 0 Å². The molecule has 224 valence electrons. The Morgan fingerprint density at radius 3 is 2.21 bits per heavy atom. The zero-order valence-electron chi connectivity index (χ0n) is 23.9. The highest BCUT2D eigenvalue weighted by Crippen LogP contribution is 2.29. The quantitative estimate of drug-likeness (QED) is 0.147. The molecule has 4 rings (SSSR count). The molecule has 0 radical (unpaired) electrons. The Labute approximate surface area is 250 Å². The van der Waals surface area contributed by atoms with Crippen LogP contribution in [-0.4, -0.2) is 56.9 Å². The molecule has 12 nitrogen and oxygen atoms in total. The van der Waals surface area contributed by atoms with Gasteiger partial charge in [0.1, 0.15) is 5.82 Å². The summed E-state index contributed by atoms with van der Waals surface area (Å²) in [6.07, 6.45) is 2.15. The molecule has 0 saturated heterocycles. The van der Waals surface area contributed by atoms with Gasteiger partial charge in [-0.3, -0.25) is 0 Å². The van der Waals surface area contributed by atoms with Gasteiger partial charge in [0.2, 0.25) is 5.95 Å². The summed E-state index contributed by atoms with van der Waals surface area (Å²) >= 11 is 0. The van der Waals surface area contributed by atoms with Crippen LogP contribution in [-0.2, 0) is 14.5 Å². The van der Waals surface area contributed by atoms with Gasteiger partial charge in [-0.25, -0.2) is 18.8 Å². The lowest BCUT2D eigenvalue weighted by molar-refractivity contribution is 0.164. The molecule has 0 aliphatic rings. The Morgan fingerprint density at radius 2 is 1.58 bits per heavy atom. The summed E-state index contributed by atoms with van der Waals surface area (Å²) in [7, 11) is -2.97. The van der Waals surface area contributed by atoms with Gasteiger partial charge in [-0.1, -0.05) is 30.3 Å². The summed E-state index contributed by atoms with van der Waals surface area (Å²) < 4.78 is 21.3. The van der Waals surface area contributed by atoms with Gasteiger partial charge in [0.05, 0.1) is 22.9 Å². The molecule has 0 aliphatic carbocycles. The summed E-state index contributed by atoms with van der Waals surface area (Å²) in [5, 5.41) is 21.5. The summed E-state index contributed by atoms with van der Waals surface area (Å²) in [6.45, 7) is 3.50. The van der Waals surface area contributed by atoms with Crippen molar-refractivity contribution in [3.8, 4) is 11.1 Å². The molecule has 0 spiro atoms. The third-order valence-corrected chi connectivity index (χ3v) is 7.64. The van der Waals surface area contributed by atoms with Crippen molar-refractivity contribution < 1.29 is 23.6 Å². The van der Waals surface area contributed by atoms with Gasteiger partial charge >= 0.3 is 12.1 Å². The Balaban J connectivity index is 1.51. The van der Waals surface area contributed by atoms with E-state index in [-0.39, 0.29) is 31.2 Å². The van der Waals surface area contributed by atoms with Crippen LogP contribution in [0.5, 0.6) is 0 Å². The molecule has 0 saturated carbocycles. The number of hydrogen-bond donors (Lipinski definition) is 5. The number of hydrogen-bond acceptors (Lipinski definition) is 9. The Hall–Kier alpha value is -5.01. The average molecular weight is 604 g/mol. The summed E-state index contributed by atoms with van der Waals surface area (Å²) in [5.41, 5.74) is 3.38. The summed E-state index contributed by atoms with van der Waals surface area (Å²) in [6, 6.07) is 22.3. The molecule has 3 amide bonds. The SMILES string of the molecule is CCOC(=O)N=[S@](C)(=O)c1ccc(Nc2ncc(-c3ccc(NC(=O)Nc4ccccc4)cc3)c(N[C@H](C)CO)n2)cc1. The standard InChI is InChI=1S/C30H33N7O5S/c1-4-42-30(40)37-43(3,41)25-16-14-23(15-17-25)33-28-31-18-26(27(36-28)32-20(2)19-38)21-10-12-24(13-11-21)35-29(39)34-22-8-6-5-7-9-22/h5-18,20,38H,4,19H2,1-3H3,(H2,34,35,39)(H2,31,32,33,36)/t20-,43-/m1/s1. The monoisotopic (exact) mass is 603 g/mol. The van der Waals surface area contributed by atoms with Crippen LogP contribution in [0.2, 0.25) is 0 Å². The number of rotatable bonds is 10. The lowest BCUT2D eigenvalue weighted by atomic mass is 10.1. The molecule has 0 bridgehead atoms. The van der Waals surface area contributed by atoms with E-state index < -0.39 is 15.8 Å². The number of aliphatic hydroxyl groups excluding tert-OH is 1. The number of para-hydroxylation sites is 1. The molecule has 43 heavy (non-hydrogen) atoms. The minimum absolute atomic E-state index is 0.111.